The fourth-order valence-corrected chi connectivity index (χ4v) is 7.11. The Hall–Kier alpha value is 0.540. The molecule has 6 heteroatoms. The lowest BCUT2D eigenvalue weighted by molar-refractivity contribution is 0.167. The third-order valence-electron chi connectivity index (χ3n) is 10.3. The molecular formula is C45H99N3OS2. The molecule has 0 aromatic rings. The van der Waals surface area contributed by atoms with E-state index in [-0.39, 0.29) is 0 Å². The molecule has 0 aliphatic rings. The quantitative estimate of drug-likeness (QED) is 0.0367. The number of methoxy groups -OCH3 is 1. The molecule has 0 rings (SSSR count). The van der Waals surface area contributed by atoms with Gasteiger partial charge in [-0.25, -0.2) is 0 Å². The van der Waals surface area contributed by atoms with E-state index in [1.165, 1.54) is 232 Å². The summed E-state index contributed by atoms with van der Waals surface area (Å²) in [6.45, 7) is 22.0. The zero-order valence-electron chi connectivity index (χ0n) is 36.5. The largest absolute Gasteiger partial charge is 0.385 e. The van der Waals surface area contributed by atoms with Crippen molar-refractivity contribution in [2.45, 2.75) is 221 Å². The molecule has 0 N–H and O–H groups in total. The first kappa shape index (κ1) is 55.9. The number of ether oxygens (including phenoxy) is 1. The van der Waals surface area contributed by atoms with E-state index in [1.807, 2.05) is 21.0 Å². The fraction of sp³-hybridized carbons (Fsp3) is 1.00. The van der Waals surface area contributed by atoms with Crippen LogP contribution in [0.1, 0.15) is 221 Å². The summed E-state index contributed by atoms with van der Waals surface area (Å²) in [6, 6.07) is 0. The maximum Gasteiger partial charge on any atom is 0.0474 e. The van der Waals surface area contributed by atoms with Crippen LogP contribution in [0.5, 0.6) is 0 Å². The summed E-state index contributed by atoms with van der Waals surface area (Å²) in [5.74, 6) is 0. The first-order valence-corrected chi connectivity index (χ1v) is 24.6. The van der Waals surface area contributed by atoms with Crippen molar-refractivity contribution >= 4 is 23.3 Å². The van der Waals surface area contributed by atoms with Gasteiger partial charge in [0, 0.05) is 20.3 Å². The third-order valence-corrected chi connectivity index (χ3v) is 10.3. The minimum Gasteiger partial charge on any atom is -0.385 e. The molecule has 312 valence electrons. The molecule has 0 aliphatic heterocycles. The Kier molecular flexibility index (Phi) is 57.7. The molecule has 0 bridgehead atoms. The summed E-state index contributed by atoms with van der Waals surface area (Å²) in [7, 11) is 4.20. The van der Waals surface area contributed by atoms with Gasteiger partial charge in [0.15, 0.2) is 0 Å². The Morgan fingerprint density at radius 2 is 0.569 bits per heavy atom. The van der Waals surface area contributed by atoms with Gasteiger partial charge in [-0.1, -0.05) is 182 Å². The third kappa shape index (κ3) is 48.5. The lowest BCUT2D eigenvalue weighted by Crippen LogP contribution is -2.32. The smallest absolute Gasteiger partial charge is 0.0474 e. The molecule has 0 saturated carbocycles. The van der Waals surface area contributed by atoms with Crippen LogP contribution in [0.15, 0.2) is 0 Å². The lowest BCUT2D eigenvalue weighted by Gasteiger charge is -2.26. The van der Waals surface area contributed by atoms with E-state index in [1.54, 1.807) is 0 Å². The highest BCUT2D eigenvalue weighted by Crippen LogP contribution is 2.13. The lowest BCUT2D eigenvalue weighted by atomic mass is 10.1. The van der Waals surface area contributed by atoms with Gasteiger partial charge in [0.25, 0.3) is 0 Å². The number of hydrogen-bond donors (Lipinski definition) is 2. The highest BCUT2D eigenvalue weighted by atomic mass is 33.1. The van der Waals surface area contributed by atoms with Crippen LogP contribution in [0.25, 0.3) is 0 Å². The summed E-state index contributed by atoms with van der Waals surface area (Å²) in [5, 5.41) is 0. The molecule has 0 atom stereocenters. The topological polar surface area (TPSA) is 19.0 Å². The standard InChI is InChI=1S/C43H91N3O.C2H6.H2S2/c1-6-9-12-15-18-21-24-27-29-37-45(38-30-28-25-22-19-16-13-10-7-2)40-32-35-44(4)36-33-41-46(42-34-43-47-5)39-31-26-23-20-17-14-11-8-3;2*1-2/h6-43H2,1-5H3;1-2H3;1-2H. The minimum absolute atomic E-state index is 0.891. The highest BCUT2D eigenvalue weighted by Gasteiger charge is 2.09. The van der Waals surface area contributed by atoms with Gasteiger partial charge < -0.3 is 19.4 Å². The second kappa shape index (κ2) is 52.6. The predicted molar refractivity (Wildman–Crippen MR) is 242 cm³/mol. The molecule has 0 aromatic heterocycles. The van der Waals surface area contributed by atoms with Gasteiger partial charge in [-0.3, -0.25) is 0 Å². The normalized spacial score (nSPS) is 11.3. The van der Waals surface area contributed by atoms with E-state index in [2.05, 4.69) is 65.8 Å². The maximum atomic E-state index is 5.37. The number of nitrogens with zero attached hydrogens (tertiary/aromatic N) is 3. The van der Waals surface area contributed by atoms with Crippen LogP contribution in [0.2, 0.25) is 0 Å². The number of thiol groups is 2. The molecular weight excluding hydrogens is 663 g/mol. The van der Waals surface area contributed by atoms with Crippen LogP contribution >= 0.6 is 23.3 Å². The van der Waals surface area contributed by atoms with Gasteiger partial charge in [-0.2, -0.15) is 0 Å². The van der Waals surface area contributed by atoms with E-state index in [0.717, 1.165) is 13.0 Å². The molecule has 51 heavy (non-hydrogen) atoms. The summed E-state index contributed by atoms with van der Waals surface area (Å²) in [4.78, 5) is 8.17. The number of hydrogen-bond acceptors (Lipinski definition) is 6. The van der Waals surface area contributed by atoms with Crippen LogP contribution in [0, 0.1) is 0 Å². The zero-order chi connectivity index (χ0) is 38.3. The summed E-state index contributed by atoms with van der Waals surface area (Å²) in [6.07, 6.45) is 40.8. The van der Waals surface area contributed by atoms with Crippen LogP contribution < -0.4 is 0 Å². The molecule has 0 aromatic carbocycles. The van der Waals surface area contributed by atoms with E-state index >= 15 is 0 Å². The van der Waals surface area contributed by atoms with E-state index < -0.39 is 0 Å². The van der Waals surface area contributed by atoms with E-state index in [0.29, 0.717) is 0 Å². The molecule has 0 spiro atoms. The Labute approximate surface area is 335 Å². The van der Waals surface area contributed by atoms with Crippen molar-refractivity contribution in [2.24, 2.45) is 0 Å². The van der Waals surface area contributed by atoms with Gasteiger partial charge in [-0.05, 0) is 91.4 Å². The molecule has 0 heterocycles. The second-order valence-corrected chi connectivity index (χ2v) is 15.2. The zero-order valence-corrected chi connectivity index (χ0v) is 38.3. The Bertz CT molecular complexity index is 550. The Morgan fingerprint density at radius 3 is 0.843 bits per heavy atom. The molecule has 0 saturated heterocycles. The van der Waals surface area contributed by atoms with Gasteiger partial charge >= 0.3 is 0 Å². The average molecular weight is 762 g/mol. The number of unbranched alkanes of at least 4 members (excludes halogenated alkanes) is 23. The highest BCUT2D eigenvalue weighted by molar-refractivity contribution is 8.59. The van der Waals surface area contributed by atoms with E-state index in [9.17, 15) is 0 Å². The van der Waals surface area contributed by atoms with Gasteiger partial charge in [0.2, 0.25) is 0 Å². The average Bonchev–Trinajstić information content (AvgIpc) is 3.15. The van der Waals surface area contributed by atoms with Crippen molar-refractivity contribution in [3.05, 3.63) is 0 Å². The maximum absolute atomic E-state index is 5.37. The molecule has 0 fully saturated rings. The van der Waals surface area contributed by atoms with Crippen molar-refractivity contribution in [1.29, 1.82) is 0 Å². The predicted octanol–water partition coefficient (Wildman–Crippen LogP) is 14.3. The monoisotopic (exact) mass is 762 g/mol. The van der Waals surface area contributed by atoms with Crippen LogP contribution in [0.4, 0.5) is 0 Å². The Morgan fingerprint density at radius 1 is 0.333 bits per heavy atom. The first-order valence-electron chi connectivity index (χ1n) is 23.0. The van der Waals surface area contributed by atoms with E-state index in [4.69, 9.17) is 4.74 Å². The minimum atomic E-state index is 0.891. The first-order chi connectivity index (χ1) is 25.2. The molecule has 4 nitrogen and oxygen atoms in total. The van der Waals surface area contributed by atoms with Crippen LogP contribution in [-0.2, 0) is 4.74 Å². The van der Waals surface area contributed by atoms with Crippen LogP contribution in [0.3, 0.4) is 0 Å². The SMILES string of the molecule is CC.CCCCCCCCCCCN(CCCCCCCCCCC)CCCN(C)CCCN(CCCCCCCCCC)CCCOC.SS. The van der Waals surface area contributed by atoms with Gasteiger partial charge in [0.1, 0.15) is 0 Å². The fourth-order valence-electron chi connectivity index (χ4n) is 7.11. The summed E-state index contributed by atoms with van der Waals surface area (Å²) >= 11 is 6.44. The molecule has 0 aliphatic carbocycles. The van der Waals surface area contributed by atoms with Crippen molar-refractivity contribution in [2.75, 3.05) is 73.1 Å². The molecule has 0 amide bonds. The van der Waals surface area contributed by atoms with Gasteiger partial charge in [-0.15, -0.1) is 23.3 Å². The van der Waals surface area contributed by atoms with Crippen molar-refractivity contribution < 1.29 is 4.74 Å². The van der Waals surface area contributed by atoms with Crippen LogP contribution in [-0.4, -0.2) is 87.8 Å². The number of rotatable bonds is 41. The molecule has 0 radical (unpaired) electrons. The second-order valence-electron chi connectivity index (χ2n) is 15.2. The van der Waals surface area contributed by atoms with Gasteiger partial charge in [0.05, 0.1) is 0 Å². The van der Waals surface area contributed by atoms with Crippen molar-refractivity contribution in [3.63, 3.8) is 0 Å². The molecule has 0 unspecified atom stereocenters. The summed E-state index contributed by atoms with van der Waals surface area (Å²) < 4.78 is 5.37. The summed E-state index contributed by atoms with van der Waals surface area (Å²) in [5.41, 5.74) is 0. The van der Waals surface area contributed by atoms with Crippen molar-refractivity contribution in [1.82, 2.24) is 14.7 Å². The van der Waals surface area contributed by atoms with Crippen molar-refractivity contribution in [3.8, 4) is 0 Å². The Balaban J connectivity index is -0.00000554.